The van der Waals surface area contributed by atoms with Crippen LogP contribution in [0.2, 0.25) is 0 Å². The van der Waals surface area contributed by atoms with E-state index in [0.29, 0.717) is 12.1 Å². The van der Waals surface area contributed by atoms with Crippen molar-refractivity contribution in [3.63, 3.8) is 0 Å². The number of rotatable bonds is 4. The van der Waals surface area contributed by atoms with Gasteiger partial charge in [-0.25, -0.2) is 4.79 Å². The van der Waals surface area contributed by atoms with E-state index in [-0.39, 0.29) is 0 Å². The summed E-state index contributed by atoms with van der Waals surface area (Å²) < 4.78 is 0. The van der Waals surface area contributed by atoms with Crippen LogP contribution in [-0.4, -0.2) is 21.3 Å². The number of nitrogens with zero attached hydrogens (tertiary/aromatic N) is 1. The molecule has 0 spiro atoms. The number of aromatic carboxylic acids is 1. The van der Waals surface area contributed by atoms with E-state index in [4.69, 9.17) is 5.11 Å². The van der Waals surface area contributed by atoms with Crippen LogP contribution in [-0.2, 0) is 6.54 Å². The summed E-state index contributed by atoms with van der Waals surface area (Å²) in [6, 6.07) is 5.04. The maximum atomic E-state index is 10.8. The molecular weight excluding hydrogens is 230 g/mol. The molecule has 0 atom stereocenters. The van der Waals surface area contributed by atoms with Crippen LogP contribution in [0.4, 0.5) is 5.69 Å². The van der Waals surface area contributed by atoms with E-state index >= 15 is 0 Å². The Bertz CT molecular complexity index is 575. The monoisotopic (exact) mass is 245 g/mol. The van der Waals surface area contributed by atoms with E-state index in [1.165, 1.54) is 0 Å². The third-order valence-electron chi connectivity index (χ3n) is 2.88. The molecule has 3 N–H and O–H groups in total. The van der Waals surface area contributed by atoms with Gasteiger partial charge in [0, 0.05) is 23.5 Å². The molecule has 0 radical (unpaired) electrons. The number of carboxylic acids is 1. The molecular formula is C13H15N3O2. The number of anilines is 1. The number of carbonyl (C=O) groups is 1. The number of benzene rings is 1. The first kappa shape index (κ1) is 12.2. The molecule has 5 heteroatoms. The molecule has 0 fully saturated rings. The first-order valence-electron chi connectivity index (χ1n) is 5.64. The molecule has 0 unspecified atom stereocenters. The maximum Gasteiger partial charge on any atom is 0.335 e. The van der Waals surface area contributed by atoms with Crippen LogP contribution >= 0.6 is 0 Å². The summed E-state index contributed by atoms with van der Waals surface area (Å²) in [6.45, 7) is 4.51. The van der Waals surface area contributed by atoms with Crippen molar-refractivity contribution in [1.29, 1.82) is 0 Å². The van der Waals surface area contributed by atoms with Gasteiger partial charge in [-0.15, -0.1) is 0 Å². The Hall–Kier alpha value is -2.30. The number of hydrogen-bond acceptors (Lipinski definition) is 3. The molecule has 0 aliphatic heterocycles. The molecule has 1 aromatic carbocycles. The molecule has 0 saturated carbocycles. The lowest BCUT2D eigenvalue weighted by Gasteiger charge is -2.09. The van der Waals surface area contributed by atoms with E-state index in [1.807, 2.05) is 13.8 Å². The van der Waals surface area contributed by atoms with Gasteiger partial charge in [-0.2, -0.15) is 5.10 Å². The minimum atomic E-state index is -0.907. The summed E-state index contributed by atoms with van der Waals surface area (Å²) in [6.07, 6.45) is 1.78. The fourth-order valence-corrected chi connectivity index (χ4v) is 1.74. The smallest absolute Gasteiger partial charge is 0.335 e. The van der Waals surface area contributed by atoms with Gasteiger partial charge in [-0.3, -0.25) is 5.10 Å². The molecule has 2 aromatic rings. The van der Waals surface area contributed by atoms with E-state index < -0.39 is 5.97 Å². The number of H-pyrrole nitrogens is 1. The Labute approximate surface area is 105 Å². The van der Waals surface area contributed by atoms with Crippen molar-refractivity contribution >= 4 is 11.7 Å². The molecule has 18 heavy (non-hydrogen) atoms. The third-order valence-corrected chi connectivity index (χ3v) is 2.88. The number of aromatic nitrogens is 2. The van der Waals surface area contributed by atoms with Crippen LogP contribution in [0, 0.1) is 13.8 Å². The summed E-state index contributed by atoms with van der Waals surface area (Å²) in [7, 11) is 0. The average Bonchev–Trinajstić information content (AvgIpc) is 2.73. The minimum Gasteiger partial charge on any atom is -0.478 e. The predicted molar refractivity (Wildman–Crippen MR) is 68.8 cm³/mol. The lowest BCUT2D eigenvalue weighted by Crippen LogP contribution is -2.03. The standard InChI is InChI=1S/C13H15N3O2/c1-8-5-10(13(17)18)3-4-12(8)14-6-11-7-15-16-9(11)2/h3-5,7,14H,6H2,1-2H3,(H,15,16)(H,17,18). The third kappa shape index (κ3) is 2.51. The van der Waals surface area contributed by atoms with Gasteiger partial charge in [0.05, 0.1) is 11.8 Å². The summed E-state index contributed by atoms with van der Waals surface area (Å²) >= 11 is 0. The van der Waals surface area contributed by atoms with Gasteiger partial charge in [0.15, 0.2) is 0 Å². The van der Waals surface area contributed by atoms with Crippen molar-refractivity contribution < 1.29 is 9.90 Å². The predicted octanol–water partition coefficient (Wildman–Crippen LogP) is 2.34. The first-order valence-corrected chi connectivity index (χ1v) is 5.64. The molecule has 0 aliphatic rings. The molecule has 2 rings (SSSR count). The minimum absolute atomic E-state index is 0.303. The summed E-state index contributed by atoms with van der Waals surface area (Å²) in [5, 5.41) is 19.0. The average molecular weight is 245 g/mol. The highest BCUT2D eigenvalue weighted by Crippen LogP contribution is 2.18. The van der Waals surface area contributed by atoms with Gasteiger partial charge in [0.2, 0.25) is 0 Å². The van der Waals surface area contributed by atoms with Crippen molar-refractivity contribution in [2.75, 3.05) is 5.32 Å². The number of hydrogen-bond donors (Lipinski definition) is 3. The Morgan fingerprint density at radius 1 is 1.44 bits per heavy atom. The van der Waals surface area contributed by atoms with E-state index in [2.05, 4.69) is 15.5 Å². The van der Waals surface area contributed by atoms with Crippen molar-refractivity contribution in [2.24, 2.45) is 0 Å². The second kappa shape index (κ2) is 4.91. The summed E-state index contributed by atoms with van der Waals surface area (Å²) in [5.41, 5.74) is 4.27. The molecule has 0 amide bonds. The largest absolute Gasteiger partial charge is 0.478 e. The van der Waals surface area contributed by atoms with Crippen molar-refractivity contribution in [3.8, 4) is 0 Å². The van der Waals surface area contributed by atoms with Crippen LogP contribution in [0.3, 0.4) is 0 Å². The van der Waals surface area contributed by atoms with Crippen LogP contribution in [0.5, 0.6) is 0 Å². The lowest BCUT2D eigenvalue weighted by atomic mass is 10.1. The van der Waals surface area contributed by atoms with Gasteiger partial charge in [0.25, 0.3) is 0 Å². The van der Waals surface area contributed by atoms with Crippen LogP contribution in [0.1, 0.15) is 27.2 Å². The number of carboxylic acid groups (broad SMARTS) is 1. The molecule has 5 nitrogen and oxygen atoms in total. The molecule has 94 valence electrons. The SMILES string of the molecule is Cc1cc(C(=O)O)ccc1NCc1cn[nH]c1C. The zero-order valence-electron chi connectivity index (χ0n) is 10.3. The van der Waals surface area contributed by atoms with Crippen LogP contribution in [0.25, 0.3) is 0 Å². The summed E-state index contributed by atoms with van der Waals surface area (Å²) in [4.78, 5) is 10.8. The Kier molecular flexibility index (Phi) is 3.32. The van der Waals surface area contributed by atoms with Crippen LogP contribution in [0.15, 0.2) is 24.4 Å². The summed E-state index contributed by atoms with van der Waals surface area (Å²) in [5.74, 6) is -0.907. The van der Waals surface area contributed by atoms with Crippen molar-refractivity contribution in [1.82, 2.24) is 10.2 Å². The lowest BCUT2D eigenvalue weighted by molar-refractivity contribution is 0.0697. The van der Waals surface area contributed by atoms with E-state index in [9.17, 15) is 4.79 Å². The topological polar surface area (TPSA) is 78.0 Å². The fourth-order valence-electron chi connectivity index (χ4n) is 1.74. The Balaban J connectivity index is 2.11. The van der Waals surface area contributed by atoms with Gasteiger partial charge in [-0.1, -0.05) is 0 Å². The van der Waals surface area contributed by atoms with E-state index in [0.717, 1.165) is 22.5 Å². The normalized spacial score (nSPS) is 10.3. The van der Waals surface area contributed by atoms with Crippen molar-refractivity contribution in [3.05, 3.63) is 46.8 Å². The number of aryl methyl sites for hydroxylation is 2. The fraction of sp³-hybridized carbons (Fsp3) is 0.231. The molecule has 1 aromatic heterocycles. The number of aromatic amines is 1. The zero-order chi connectivity index (χ0) is 13.1. The number of nitrogens with one attached hydrogen (secondary N) is 2. The quantitative estimate of drug-likeness (QED) is 0.772. The van der Waals surface area contributed by atoms with E-state index in [1.54, 1.807) is 24.4 Å². The highest BCUT2D eigenvalue weighted by Gasteiger charge is 2.06. The second-order valence-corrected chi connectivity index (χ2v) is 4.21. The first-order chi connectivity index (χ1) is 8.58. The molecule has 0 bridgehead atoms. The Morgan fingerprint density at radius 2 is 2.22 bits per heavy atom. The van der Waals surface area contributed by atoms with Crippen LogP contribution < -0.4 is 5.32 Å². The second-order valence-electron chi connectivity index (χ2n) is 4.21. The maximum absolute atomic E-state index is 10.8. The van der Waals surface area contributed by atoms with Gasteiger partial charge < -0.3 is 10.4 Å². The van der Waals surface area contributed by atoms with Gasteiger partial charge >= 0.3 is 5.97 Å². The Morgan fingerprint density at radius 3 is 2.78 bits per heavy atom. The highest BCUT2D eigenvalue weighted by molar-refractivity contribution is 5.88. The molecule has 0 aliphatic carbocycles. The highest BCUT2D eigenvalue weighted by atomic mass is 16.4. The molecule has 1 heterocycles. The van der Waals surface area contributed by atoms with Gasteiger partial charge in [0.1, 0.15) is 0 Å². The van der Waals surface area contributed by atoms with Gasteiger partial charge in [-0.05, 0) is 37.6 Å². The molecule has 0 saturated heterocycles. The zero-order valence-corrected chi connectivity index (χ0v) is 10.3. The van der Waals surface area contributed by atoms with Crippen molar-refractivity contribution in [2.45, 2.75) is 20.4 Å².